The molecule has 0 atom stereocenters. The molecule has 0 bridgehead atoms. The Labute approximate surface area is 184 Å². The Morgan fingerprint density at radius 2 is 1.75 bits per heavy atom. The molecule has 0 aliphatic carbocycles. The molecule has 2 aromatic heterocycles. The van der Waals surface area contributed by atoms with Gasteiger partial charge in [-0.1, -0.05) is 63.6 Å². The minimum atomic E-state index is 0.0345. The fourth-order valence-corrected chi connectivity index (χ4v) is 5.00. The summed E-state index contributed by atoms with van der Waals surface area (Å²) in [5.41, 5.74) is 3.15. The topological polar surface area (TPSA) is 34.9 Å². The van der Waals surface area contributed by atoms with E-state index < -0.39 is 0 Å². The smallest absolute Gasteiger partial charge is 0.272 e. The quantitative estimate of drug-likeness (QED) is 0.231. The summed E-state index contributed by atoms with van der Waals surface area (Å²) in [5.74, 6) is 0.760. The zero-order valence-corrected chi connectivity index (χ0v) is 18.7. The molecule has 142 valence electrons. The SMILES string of the molecule is O=c1c2sccc2nc(SCc2ccc(Br)cc2)n1CCc1ccc(Cl)cc1. The van der Waals surface area contributed by atoms with Crippen LogP contribution in [0.2, 0.25) is 5.02 Å². The van der Waals surface area contributed by atoms with E-state index in [1.165, 1.54) is 16.9 Å². The van der Waals surface area contributed by atoms with Crippen LogP contribution in [0.1, 0.15) is 11.1 Å². The Balaban J connectivity index is 1.61. The Morgan fingerprint density at radius 3 is 2.50 bits per heavy atom. The third-order valence-electron chi connectivity index (χ3n) is 4.35. The van der Waals surface area contributed by atoms with Crippen LogP contribution in [0.25, 0.3) is 10.2 Å². The highest BCUT2D eigenvalue weighted by Gasteiger charge is 2.13. The van der Waals surface area contributed by atoms with Crippen molar-refractivity contribution in [2.75, 3.05) is 0 Å². The molecule has 0 saturated heterocycles. The largest absolute Gasteiger partial charge is 0.286 e. The number of thiophene rings is 1. The van der Waals surface area contributed by atoms with Crippen LogP contribution in [-0.2, 0) is 18.7 Å². The first-order valence-corrected chi connectivity index (χ1v) is 11.7. The summed E-state index contributed by atoms with van der Waals surface area (Å²) in [6.45, 7) is 0.587. The molecule has 0 unspecified atom stereocenters. The van der Waals surface area contributed by atoms with Crippen LogP contribution < -0.4 is 5.56 Å². The highest BCUT2D eigenvalue weighted by molar-refractivity contribution is 9.10. The molecule has 0 saturated carbocycles. The van der Waals surface area contributed by atoms with Crippen LogP contribution in [0.3, 0.4) is 0 Å². The molecular weight excluding hydrogens is 476 g/mol. The minimum absolute atomic E-state index is 0.0345. The Hall–Kier alpha value is -1.60. The Bertz CT molecular complexity index is 1150. The van der Waals surface area contributed by atoms with Gasteiger partial charge in [0.25, 0.3) is 5.56 Å². The summed E-state index contributed by atoms with van der Waals surface area (Å²) in [6, 6.07) is 17.9. The summed E-state index contributed by atoms with van der Waals surface area (Å²) in [7, 11) is 0. The van der Waals surface area contributed by atoms with E-state index in [-0.39, 0.29) is 5.56 Å². The van der Waals surface area contributed by atoms with Crippen LogP contribution >= 0.6 is 50.6 Å². The van der Waals surface area contributed by atoms with Crippen molar-refractivity contribution in [2.45, 2.75) is 23.9 Å². The van der Waals surface area contributed by atoms with E-state index in [1.807, 2.05) is 47.8 Å². The van der Waals surface area contributed by atoms with Crippen LogP contribution in [0.5, 0.6) is 0 Å². The maximum absolute atomic E-state index is 13.0. The predicted molar refractivity (Wildman–Crippen MR) is 123 cm³/mol. The third kappa shape index (κ3) is 4.51. The second kappa shape index (κ2) is 8.82. The molecule has 0 N–H and O–H groups in total. The fourth-order valence-electron chi connectivity index (χ4n) is 2.85. The Kier molecular flexibility index (Phi) is 6.21. The van der Waals surface area contributed by atoms with E-state index in [0.717, 1.165) is 32.9 Å². The van der Waals surface area contributed by atoms with Gasteiger partial charge in [-0.3, -0.25) is 9.36 Å². The third-order valence-corrected chi connectivity index (χ3v) is 7.07. The van der Waals surface area contributed by atoms with Crippen molar-refractivity contribution in [3.63, 3.8) is 0 Å². The van der Waals surface area contributed by atoms with Gasteiger partial charge >= 0.3 is 0 Å². The number of benzene rings is 2. The molecule has 4 aromatic rings. The van der Waals surface area contributed by atoms with Gasteiger partial charge in [-0.25, -0.2) is 4.98 Å². The molecule has 7 heteroatoms. The van der Waals surface area contributed by atoms with Crippen molar-refractivity contribution in [3.05, 3.63) is 91.0 Å². The van der Waals surface area contributed by atoms with E-state index >= 15 is 0 Å². The standard InChI is InChI=1S/C21H16BrClN2OS2/c22-16-5-1-15(2-6-16)13-28-21-24-18-10-12-27-19(18)20(26)25(21)11-9-14-3-7-17(23)8-4-14/h1-8,10,12H,9,11,13H2. The van der Waals surface area contributed by atoms with Crippen molar-refractivity contribution in [1.29, 1.82) is 0 Å². The summed E-state index contributed by atoms with van der Waals surface area (Å²) in [5, 5.41) is 3.40. The van der Waals surface area contributed by atoms with Crippen molar-refractivity contribution >= 4 is 60.8 Å². The van der Waals surface area contributed by atoms with Crippen LogP contribution in [0.4, 0.5) is 0 Å². The summed E-state index contributed by atoms with van der Waals surface area (Å²) >= 11 is 12.5. The van der Waals surface area contributed by atoms with E-state index in [0.29, 0.717) is 16.3 Å². The van der Waals surface area contributed by atoms with Gasteiger partial charge in [0.05, 0.1) is 5.52 Å². The van der Waals surface area contributed by atoms with Gasteiger partial charge in [-0.2, -0.15) is 0 Å². The zero-order valence-electron chi connectivity index (χ0n) is 14.8. The molecule has 4 rings (SSSR count). The van der Waals surface area contributed by atoms with Crippen molar-refractivity contribution < 1.29 is 0 Å². The molecule has 28 heavy (non-hydrogen) atoms. The van der Waals surface area contributed by atoms with Crippen molar-refractivity contribution in [2.24, 2.45) is 0 Å². The first kappa shape index (κ1) is 19.7. The molecule has 2 aromatic carbocycles. The number of hydrogen-bond acceptors (Lipinski definition) is 4. The summed E-state index contributed by atoms with van der Waals surface area (Å²) in [6.07, 6.45) is 0.751. The van der Waals surface area contributed by atoms with E-state index in [1.54, 1.807) is 16.3 Å². The van der Waals surface area contributed by atoms with Gasteiger partial charge in [0.1, 0.15) is 4.70 Å². The molecule has 0 spiro atoms. The molecule has 3 nitrogen and oxygen atoms in total. The highest BCUT2D eigenvalue weighted by atomic mass is 79.9. The van der Waals surface area contributed by atoms with Crippen molar-refractivity contribution in [3.8, 4) is 0 Å². The van der Waals surface area contributed by atoms with Crippen LogP contribution in [-0.4, -0.2) is 9.55 Å². The number of fused-ring (bicyclic) bond motifs is 1. The molecular formula is C21H16BrClN2OS2. The monoisotopic (exact) mass is 490 g/mol. The minimum Gasteiger partial charge on any atom is -0.286 e. The van der Waals surface area contributed by atoms with Gasteiger partial charge < -0.3 is 0 Å². The second-order valence-electron chi connectivity index (χ2n) is 6.28. The lowest BCUT2D eigenvalue weighted by Crippen LogP contribution is -2.23. The van der Waals surface area contributed by atoms with Gasteiger partial charge in [0, 0.05) is 21.8 Å². The lowest BCUT2D eigenvalue weighted by atomic mass is 10.1. The first-order valence-electron chi connectivity index (χ1n) is 8.70. The average Bonchev–Trinajstić information content (AvgIpc) is 3.17. The lowest BCUT2D eigenvalue weighted by Gasteiger charge is -2.12. The maximum atomic E-state index is 13.0. The average molecular weight is 492 g/mol. The van der Waals surface area contributed by atoms with Crippen LogP contribution in [0, 0.1) is 0 Å². The number of halogens is 2. The van der Waals surface area contributed by atoms with Crippen molar-refractivity contribution in [1.82, 2.24) is 9.55 Å². The van der Waals surface area contributed by atoms with E-state index in [2.05, 4.69) is 28.1 Å². The van der Waals surface area contributed by atoms with Gasteiger partial charge in [-0.05, 0) is 53.3 Å². The molecule has 0 fully saturated rings. The second-order valence-corrected chi connectivity index (χ2v) is 9.49. The number of thioether (sulfide) groups is 1. The molecule has 0 aliphatic heterocycles. The summed E-state index contributed by atoms with van der Waals surface area (Å²) in [4.78, 5) is 17.8. The Morgan fingerprint density at radius 1 is 1.04 bits per heavy atom. The maximum Gasteiger partial charge on any atom is 0.272 e. The van der Waals surface area contributed by atoms with Gasteiger partial charge in [0.2, 0.25) is 0 Å². The number of nitrogens with zero attached hydrogens (tertiary/aromatic N) is 2. The highest BCUT2D eigenvalue weighted by Crippen LogP contribution is 2.25. The van der Waals surface area contributed by atoms with Crippen LogP contribution in [0.15, 0.2) is 74.4 Å². The first-order chi connectivity index (χ1) is 13.6. The number of hydrogen-bond donors (Lipinski definition) is 0. The number of rotatable bonds is 6. The van der Waals surface area contributed by atoms with Gasteiger partial charge in [-0.15, -0.1) is 11.3 Å². The predicted octanol–water partition coefficient (Wildman–Crippen LogP) is 6.41. The van der Waals surface area contributed by atoms with E-state index in [4.69, 9.17) is 16.6 Å². The lowest BCUT2D eigenvalue weighted by molar-refractivity contribution is 0.596. The number of aryl methyl sites for hydroxylation is 1. The number of aromatic nitrogens is 2. The van der Waals surface area contributed by atoms with E-state index in [9.17, 15) is 4.79 Å². The molecule has 0 amide bonds. The fraction of sp³-hybridized carbons (Fsp3) is 0.143. The molecule has 0 radical (unpaired) electrons. The summed E-state index contributed by atoms with van der Waals surface area (Å²) < 4.78 is 3.57. The zero-order chi connectivity index (χ0) is 19.5. The molecule has 0 aliphatic rings. The van der Waals surface area contributed by atoms with Gasteiger partial charge in [0.15, 0.2) is 5.16 Å². The molecule has 2 heterocycles. The normalized spacial score (nSPS) is 11.2.